The molecule has 0 aromatic heterocycles. The lowest BCUT2D eigenvalue weighted by atomic mass is 9.79. The van der Waals surface area contributed by atoms with Crippen LogP contribution in [0, 0.1) is 5.41 Å². The van der Waals surface area contributed by atoms with Crippen molar-refractivity contribution in [3.8, 4) is 0 Å². The second-order valence-corrected chi connectivity index (χ2v) is 8.43. The molecule has 2 aromatic rings. The lowest BCUT2D eigenvalue weighted by Gasteiger charge is -2.40. The van der Waals surface area contributed by atoms with Crippen LogP contribution in [0.4, 0.5) is 5.69 Å². The van der Waals surface area contributed by atoms with E-state index >= 15 is 0 Å². The van der Waals surface area contributed by atoms with E-state index in [0.29, 0.717) is 5.41 Å². The van der Waals surface area contributed by atoms with Crippen molar-refractivity contribution in [1.29, 1.82) is 0 Å². The third-order valence-corrected chi connectivity index (χ3v) is 6.60. The van der Waals surface area contributed by atoms with Crippen LogP contribution in [0.2, 0.25) is 0 Å². The molecule has 2 saturated heterocycles. The number of piperidine rings is 1. The van der Waals surface area contributed by atoms with Gasteiger partial charge in [-0.2, -0.15) is 0 Å². The van der Waals surface area contributed by atoms with E-state index < -0.39 is 0 Å². The average Bonchev–Trinajstić information content (AvgIpc) is 3.34. The first-order valence-corrected chi connectivity index (χ1v) is 10.1. The molecule has 1 spiro atoms. The topological polar surface area (TPSA) is 35.6 Å². The number of hydrogen-bond donors (Lipinski definition) is 1. The Morgan fingerprint density at radius 1 is 0.963 bits per heavy atom. The fourth-order valence-corrected chi connectivity index (χ4v) is 5.04. The van der Waals surface area contributed by atoms with Crippen LogP contribution in [-0.4, -0.2) is 37.0 Å². The lowest BCUT2D eigenvalue weighted by Crippen LogP contribution is -2.47. The van der Waals surface area contributed by atoms with Crippen molar-refractivity contribution in [3.63, 3.8) is 0 Å². The standard InChI is InChI=1S/C23H27N3O/c27-22(25-13-3-10-23(17-25)11-12-24-16-23)18-6-8-21(9-7-18)26-14-19-4-1-2-5-20(19)15-26/h1-2,4-9,24H,3,10-17H2. The largest absolute Gasteiger partial charge is 0.363 e. The third kappa shape index (κ3) is 3.12. The van der Waals surface area contributed by atoms with Gasteiger partial charge in [-0.3, -0.25) is 4.79 Å². The van der Waals surface area contributed by atoms with Gasteiger partial charge in [0.2, 0.25) is 0 Å². The number of rotatable bonds is 2. The highest BCUT2D eigenvalue weighted by Crippen LogP contribution is 2.36. The molecule has 4 heteroatoms. The Labute approximate surface area is 161 Å². The van der Waals surface area contributed by atoms with E-state index in [-0.39, 0.29) is 5.91 Å². The Morgan fingerprint density at radius 3 is 2.37 bits per heavy atom. The molecule has 0 radical (unpaired) electrons. The van der Waals surface area contributed by atoms with Gasteiger partial charge in [0.1, 0.15) is 0 Å². The first-order chi connectivity index (χ1) is 13.2. The fraction of sp³-hybridized carbons (Fsp3) is 0.435. The molecule has 1 N–H and O–H groups in total. The van der Waals surface area contributed by atoms with E-state index in [1.54, 1.807) is 0 Å². The van der Waals surface area contributed by atoms with E-state index in [9.17, 15) is 4.79 Å². The highest BCUT2D eigenvalue weighted by atomic mass is 16.2. The summed E-state index contributed by atoms with van der Waals surface area (Å²) < 4.78 is 0. The monoisotopic (exact) mass is 361 g/mol. The molecule has 1 atom stereocenters. The number of amides is 1. The summed E-state index contributed by atoms with van der Waals surface area (Å²) in [4.78, 5) is 17.5. The minimum Gasteiger partial charge on any atom is -0.363 e. The van der Waals surface area contributed by atoms with Crippen LogP contribution in [-0.2, 0) is 13.1 Å². The lowest BCUT2D eigenvalue weighted by molar-refractivity contribution is 0.0553. The molecule has 0 bridgehead atoms. The van der Waals surface area contributed by atoms with Crippen LogP contribution < -0.4 is 10.2 Å². The van der Waals surface area contributed by atoms with Gasteiger partial charge in [0.05, 0.1) is 0 Å². The molecule has 5 rings (SSSR count). The Morgan fingerprint density at radius 2 is 1.70 bits per heavy atom. The normalized spacial score (nSPS) is 24.4. The summed E-state index contributed by atoms with van der Waals surface area (Å²) >= 11 is 0. The summed E-state index contributed by atoms with van der Waals surface area (Å²) in [6.07, 6.45) is 3.57. The maximum atomic E-state index is 13.0. The van der Waals surface area contributed by atoms with Crippen molar-refractivity contribution >= 4 is 11.6 Å². The van der Waals surface area contributed by atoms with Gasteiger partial charge in [0, 0.05) is 49.4 Å². The SMILES string of the molecule is O=C(c1ccc(N2Cc3ccccc3C2)cc1)N1CCCC2(CCNC2)C1. The predicted octanol–water partition coefficient (Wildman–Crippen LogP) is 3.42. The number of carbonyl (C=O) groups excluding carboxylic acids is 1. The quantitative estimate of drug-likeness (QED) is 0.890. The third-order valence-electron chi connectivity index (χ3n) is 6.60. The number of anilines is 1. The van der Waals surface area contributed by atoms with Crippen LogP contribution in [0.3, 0.4) is 0 Å². The first-order valence-electron chi connectivity index (χ1n) is 10.1. The molecule has 0 saturated carbocycles. The van der Waals surface area contributed by atoms with Gasteiger partial charge >= 0.3 is 0 Å². The summed E-state index contributed by atoms with van der Waals surface area (Å²) in [6.45, 7) is 5.85. The predicted molar refractivity (Wildman–Crippen MR) is 108 cm³/mol. The fourth-order valence-electron chi connectivity index (χ4n) is 5.04. The molecule has 1 amide bonds. The van der Waals surface area contributed by atoms with E-state index in [2.05, 4.69) is 51.5 Å². The summed E-state index contributed by atoms with van der Waals surface area (Å²) in [5, 5.41) is 3.48. The molecule has 2 aromatic carbocycles. The van der Waals surface area contributed by atoms with Crippen LogP contribution in [0.1, 0.15) is 40.7 Å². The Kier molecular flexibility index (Phi) is 4.16. The zero-order chi connectivity index (χ0) is 18.3. The van der Waals surface area contributed by atoms with Crippen molar-refractivity contribution in [1.82, 2.24) is 10.2 Å². The molecule has 0 aliphatic carbocycles. The molecule has 3 heterocycles. The highest BCUT2D eigenvalue weighted by molar-refractivity contribution is 5.94. The van der Waals surface area contributed by atoms with Crippen molar-refractivity contribution in [2.75, 3.05) is 31.1 Å². The van der Waals surface area contributed by atoms with E-state index in [4.69, 9.17) is 0 Å². The van der Waals surface area contributed by atoms with Gasteiger partial charge < -0.3 is 15.1 Å². The molecule has 27 heavy (non-hydrogen) atoms. The summed E-state index contributed by atoms with van der Waals surface area (Å²) in [5.74, 6) is 0.192. The van der Waals surface area contributed by atoms with Gasteiger partial charge in [0.25, 0.3) is 5.91 Å². The van der Waals surface area contributed by atoms with Gasteiger partial charge in [0.15, 0.2) is 0 Å². The zero-order valence-electron chi connectivity index (χ0n) is 15.8. The van der Waals surface area contributed by atoms with Crippen molar-refractivity contribution in [3.05, 3.63) is 65.2 Å². The van der Waals surface area contributed by atoms with E-state index in [0.717, 1.165) is 51.3 Å². The Balaban J connectivity index is 1.28. The van der Waals surface area contributed by atoms with Crippen molar-refractivity contribution < 1.29 is 4.79 Å². The molecular formula is C23H27N3O. The van der Waals surface area contributed by atoms with Crippen LogP contribution in [0.15, 0.2) is 48.5 Å². The number of nitrogens with one attached hydrogen (secondary N) is 1. The minimum absolute atomic E-state index is 0.192. The molecule has 1 unspecified atom stereocenters. The summed E-state index contributed by atoms with van der Waals surface area (Å²) in [5.41, 5.74) is 5.13. The van der Waals surface area contributed by atoms with Crippen LogP contribution >= 0.6 is 0 Å². The number of carbonyl (C=O) groups is 1. The molecule has 4 nitrogen and oxygen atoms in total. The van der Waals surface area contributed by atoms with Crippen molar-refractivity contribution in [2.45, 2.75) is 32.4 Å². The second kappa shape index (κ2) is 6.68. The van der Waals surface area contributed by atoms with Crippen molar-refractivity contribution in [2.24, 2.45) is 5.41 Å². The van der Waals surface area contributed by atoms with Gasteiger partial charge in [-0.25, -0.2) is 0 Å². The molecular weight excluding hydrogens is 334 g/mol. The zero-order valence-corrected chi connectivity index (χ0v) is 15.8. The Hall–Kier alpha value is -2.33. The first kappa shape index (κ1) is 16.8. The van der Waals surface area contributed by atoms with E-state index in [1.165, 1.54) is 29.7 Å². The molecule has 3 aliphatic heterocycles. The average molecular weight is 361 g/mol. The maximum absolute atomic E-state index is 13.0. The van der Waals surface area contributed by atoms with Gasteiger partial charge in [-0.15, -0.1) is 0 Å². The number of nitrogens with zero attached hydrogens (tertiary/aromatic N) is 2. The molecule has 2 fully saturated rings. The van der Waals surface area contributed by atoms with Gasteiger partial charge in [-0.05, 0) is 61.2 Å². The summed E-state index contributed by atoms with van der Waals surface area (Å²) in [7, 11) is 0. The highest BCUT2D eigenvalue weighted by Gasteiger charge is 2.39. The molecule has 140 valence electrons. The number of fused-ring (bicyclic) bond motifs is 1. The van der Waals surface area contributed by atoms with Crippen LogP contribution in [0.25, 0.3) is 0 Å². The number of benzene rings is 2. The maximum Gasteiger partial charge on any atom is 0.253 e. The van der Waals surface area contributed by atoms with Gasteiger partial charge in [-0.1, -0.05) is 24.3 Å². The smallest absolute Gasteiger partial charge is 0.253 e. The minimum atomic E-state index is 0.192. The Bertz CT molecular complexity index is 814. The summed E-state index contributed by atoms with van der Waals surface area (Å²) in [6, 6.07) is 16.9. The number of likely N-dealkylation sites (tertiary alicyclic amines) is 1. The van der Waals surface area contributed by atoms with Crippen LogP contribution in [0.5, 0.6) is 0 Å². The molecule has 3 aliphatic rings. The van der Waals surface area contributed by atoms with E-state index in [1.807, 2.05) is 12.1 Å². The number of hydrogen-bond acceptors (Lipinski definition) is 3. The second-order valence-electron chi connectivity index (χ2n) is 8.43.